The number of ether oxygens (including phenoxy) is 3. The van der Waals surface area contributed by atoms with Gasteiger partial charge in [0.1, 0.15) is 18.8 Å². The topological polar surface area (TPSA) is 199 Å². The number of aromatic nitrogens is 4. The van der Waals surface area contributed by atoms with Crippen molar-refractivity contribution in [1.82, 2.24) is 24.6 Å². The van der Waals surface area contributed by atoms with Crippen molar-refractivity contribution in [3.63, 3.8) is 0 Å². The average molecular weight is 727 g/mol. The Labute approximate surface area is 288 Å². The molecule has 1 aliphatic heterocycles. The number of alkyl halides is 1. The van der Waals surface area contributed by atoms with Gasteiger partial charge >= 0.3 is 13.7 Å². The third-order valence-corrected chi connectivity index (χ3v) is 10.3. The molecule has 0 aliphatic carbocycles. The molecule has 270 valence electrons. The van der Waals surface area contributed by atoms with Crippen LogP contribution in [0, 0.1) is 5.41 Å². The Morgan fingerprint density at radius 2 is 1.96 bits per heavy atom. The minimum absolute atomic E-state index is 0.0696. The quantitative estimate of drug-likeness (QED) is 0.0949. The lowest BCUT2D eigenvalue weighted by Gasteiger charge is -2.25. The summed E-state index contributed by atoms with van der Waals surface area (Å²) in [7, 11) is -4.11. The smallest absolute Gasteiger partial charge is 0.405 e. The van der Waals surface area contributed by atoms with Crippen LogP contribution in [0.25, 0.3) is 11.2 Å². The Hall–Kier alpha value is -3.18. The van der Waals surface area contributed by atoms with Crippen LogP contribution < -0.4 is 15.6 Å². The van der Waals surface area contributed by atoms with Crippen molar-refractivity contribution in [1.29, 1.82) is 0 Å². The minimum atomic E-state index is -4.11. The van der Waals surface area contributed by atoms with Crippen LogP contribution in [-0.4, -0.2) is 85.8 Å². The molecule has 1 aromatic carbocycles. The van der Waals surface area contributed by atoms with Gasteiger partial charge in [-0.3, -0.25) is 23.2 Å². The third kappa shape index (κ3) is 9.75. The highest BCUT2D eigenvalue weighted by atomic mass is 32.2. The van der Waals surface area contributed by atoms with Gasteiger partial charge in [0.15, 0.2) is 28.2 Å². The molecule has 0 amide bonds. The number of carbonyl (C=O) groups is 2. The molecular weight excluding hydrogens is 682 g/mol. The Bertz CT molecular complexity index is 1630. The number of imidazole rings is 1. The summed E-state index contributed by atoms with van der Waals surface area (Å²) in [6.07, 6.45) is -2.23. The summed E-state index contributed by atoms with van der Waals surface area (Å²) in [5, 5.41) is 13.5. The van der Waals surface area contributed by atoms with Crippen molar-refractivity contribution >= 4 is 47.7 Å². The van der Waals surface area contributed by atoms with Crippen LogP contribution in [0.3, 0.4) is 0 Å². The summed E-state index contributed by atoms with van der Waals surface area (Å²) in [6.45, 7) is 7.74. The highest BCUT2D eigenvalue weighted by Crippen LogP contribution is 2.48. The lowest BCUT2D eigenvalue weighted by atomic mass is 9.97. The van der Waals surface area contributed by atoms with Crippen LogP contribution >= 0.6 is 19.5 Å². The van der Waals surface area contributed by atoms with Gasteiger partial charge in [-0.2, -0.15) is 9.97 Å². The van der Waals surface area contributed by atoms with Gasteiger partial charge in [0.2, 0.25) is 11.8 Å². The fourth-order valence-corrected chi connectivity index (χ4v) is 7.07. The summed E-state index contributed by atoms with van der Waals surface area (Å²) in [5.74, 6) is -0.272. The molecule has 15 nitrogen and oxygen atoms in total. The molecule has 0 radical (unpaired) electrons. The molecule has 1 fully saturated rings. The number of hydrogen-bond donors (Lipinski definition) is 3. The third-order valence-electron chi connectivity index (χ3n) is 7.56. The average Bonchev–Trinajstić information content (AvgIpc) is 3.58. The second-order valence-electron chi connectivity index (χ2n) is 12.1. The van der Waals surface area contributed by atoms with E-state index in [2.05, 4.69) is 20.0 Å². The lowest BCUT2D eigenvalue weighted by molar-refractivity contribution is -0.147. The van der Waals surface area contributed by atoms with E-state index in [0.29, 0.717) is 6.42 Å². The van der Waals surface area contributed by atoms with Crippen molar-refractivity contribution in [2.24, 2.45) is 5.41 Å². The van der Waals surface area contributed by atoms with Gasteiger partial charge in [-0.05, 0) is 39.7 Å². The molecule has 2 aromatic heterocycles. The van der Waals surface area contributed by atoms with E-state index in [9.17, 15) is 19.3 Å². The predicted molar refractivity (Wildman–Crippen MR) is 180 cm³/mol. The van der Waals surface area contributed by atoms with Crippen LogP contribution in [-0.2, 0) is 39.2 Å². The second-order valence-corrected chi connectivity index (χ2v) is 15.0. The SMILES string of the molecule is CCCC(=O)OCC(C)(C)C(=O)SCCOP(=O)(NCc1ccccc1)OCC1O[C@@H](n2cnc3c(OCC)nc(N)nc32)[C@](C)(F)[C@@H]1O. The minimum Gasteiger partial charge on any atom is -0.476 e. The summed E-state index contributed by atoms with van der Waals surface area (Å²) >= 11 is 0.941. The summed E-state index contributed by atoms with van der Waals surface area (Å²) in [6, 6.07) is 9.09. The van der Waals surface area contributed by atoms with Crippen LogP contribution in [0.2, 0.25) is 0 Å². The van der Waals surface area contributed by atoms with Gasteiger partial charge < -0.3 is 25.1 Å². The first-order chi connectivity index (χ1) is 23.2. The zero-order chi connectivity index (χ0) is 35.8. The van der Waals surface area contributed by atoms with E-state index in [1.54, 1.807) is 20.8 Å². The molecule has 4 rings (SSSR count). The van der Waals surface area contributed by atoms with Gasteiger partial charge in [0.05, 0.1) is 31.6 Å². The number of benzene rings is 1. The number of anilines is 1. The molecule has 0 bridgehead atoms. The Morgan fingerprint density at radius 3 is 2.65 bits per heavy atom. The molecule has 2 unspecified atom stereocenters. The van der Waals surface area contributed by atoms with Gasteiger partial charge in [0, 0.05) is 18.7 Å². The number of nitrogens with one attached hydrogen (secondary N) is 1. The van der Waals surface area contributed by atoms with E-state index >= 15 is 4.39 Å². The molecular formula is C31H44FN6O9PS. The highest BCUT2D eigenvalue weighted by Gasteiger charge is 2.56. The van der Waals surface area contributed by atoms with E-state index in [0.717, 1.165) is 24.2 Å². The van der Waals surface area contributed by atoms with E-state index in [-0.39, 0.29) is 72.6 Å². The van der Waals surface area contributed by atoms with E-state index in [4.69, 9.17) is 29.0 Å². The fraction of sp³-hybridized carbons (Fsp3) is 0.581. The Kier molecular flexibility index (Phi) is 13.2. The first kappa shape index (κ1) is 38.6. The maximum atomic E-state index is 16.1. The number of carbonyl (C=O) groups excluding carboxylic acids is 2. The fourth-order valence-electron chi connectivity index (χ4n) is 4.83. The molecule has 1 aliphatic rings. The first-order valence-electron chi connectivity index (χ1n) is 15.9. The van der Waals surface area contributed by atoms with Crippen LogP contribution in [0.15, 0.2) is 36.7 Å². The normalized spacial score (nSPS) is 22.2. The number of aliphatic hydroxyl groups excluding tert-OH is 1. The van der Waals surface area contributed by atoms with Crippen molar-refractivity contribution in [2.45, 2.75) is 78.1 Å². The number of nitrogens with two attached hydrogens (primary N) is 1. The lowest BCUT2D eigenvalue weighted by Crippen LogP contribution is -2.40. The number of hydrogen-bond acceptors (Lipinski definition) is 14. The predicted octanol–water partition coefficient (Wildman–Crippen LogP) is 4.35. The maximum absolute atomic E-state index is 16.1. The van der Waals surface area contributed by atoms with Gasteiger partial charge in [0.25, 0.3) is 0 Å². The number of nitrogens with zero attached hydrogens (tertiary/aromatic N) is 4. The number of rotatable bonds is 18. The molecule has 18 heteroatoms. The van der Waals surface area contributed by atoms with Crippen LogP contribution in [0.1, 0.15) is 59.3 Å². The maximum Gasteiger partial charge on any atom is 0.405 e. The molecule has 0 spiro atoms. The summed E-state index contributed by atoms with van der Waals surface area (Å²) in [5.41, 5.74) is 3.68. The number of thioether (sulfide) groups is 1. The number of nitrogen functional groups attached to an aromatic ring is 1. The van der Waals surface area contributed by atoms with Crippen LogP contribution in [0.4, 0.5) is 10.3 Å². The van der Waals surface area contributed by atoms with Gasteiger partial charge in [-0.1, -0.05) is 49.0 Å². The zero-order valence-electron chi connectivity index (χ0n) is 28.2. The number of esters is 1. The number of fused-ring (bicyclic) bond motifs is 1. The van der Waals surface area contributed by atoms with Crippen LogP contribution in [0.5, 0.6) is 5.88 Å². The van der Waals surface area contributed by atoms with Gasteiger partial charge in [-0.15, -0.1) is 0 Å². The highest BCUT2D eigenvalue weighted by molar-refractivity contribution is 8.13. The van der Waals surface area contributed by atoms with Crippen molar-refractivity contribution < 1.29 is 46.9 Å². The molecule has 49 heavy (non-hydrogen) atoms. The molecule has 4 N–H and O–H groups in total. The Balaban J connectivity index is 1.42. The van der Waals surface area contributed by atoms with Crippen molar-refractivity contribution in [2.75, 3.05) is 37.9 Å². The standard InChI is InChI=1S/C31H44FN6O9PS/c1-6-11-22(39)44-18-30(3,4)28(41)49-15-14-45-48(42,35-16-20-12-9-8-10-13-20)46-17-21-24(40)31(5,32)27(47-21)38-19-34-23-25(38)36-29(33)37-26(23)43-7-2/h8-10,12-13,19,21,24,27,40H,6-7,11,14-18H2,1-5H3,(H,35,42)(H2,33,36,37)/t21?,24-,27-,31-,48?/m1/s1. The summed E-state index contributed by atoms with van der Waals surface area (Å²) in [4.78, 5) is 37.1. The molecule has 3 aromatic rings. The summed E-state index contributed by atoms with van der Waals surface area (Å²) < 4.78 is 59.4. The Morgan fingerprint density at radius 1 is 1.22 bits per heavy atom. The molecule has 3 heterocycles. The monoisotopic (exact) mass is 726 g/mol. The first-order valence-corrected chi connectivity index (χ1v) is 18.4. The van der Waals surface area contributed by atoms with Crippen molar-refractivity contribution in [3.05, 3.63) is 42.2 Å². The van der Waals surface area contributed by atoms with Gasteiger partial charge in [-0.25, -0.2) is 19.0 Å². The molecule has 1 saturated heterocycles. The van der Waals surface area contributed by atoms with E-state index in [1.807, 2.05) is 37.3 Å². The molecule has 0 saturated carbocycles. The number of halogens is 1. The van der Waals surface area contributed by atoms with E-state index in [1.165, 1.54) is 10.9 Å². The molecule has 5 atom stereocenters. The number of aliphatic hydroxyl groups is 1. The van der Waals surface area contributed by atoms with Crippen molar-refractivity contribution in [3.8, 4) is 5.88 Å². The zero-order valence-corrected chi connectivity index (χ0v) is 29.9. The second kappa shape index (κ2) is 16.7. The largest absolute Gasteiger partial charge is 0.476 e. The van der Waals surface area contributed by atoms with E-state index < -0.39 is 43.9 Å².